The second-order valence-corrected chi connectivity index (χ2v) is 4.05. The van der Waals surface area contributed by atoms with Crippen LogP contribution in [0.5, 0.6) is 0 Å². The van der Waals surface area contributed by atoms with Crippen LogP contribution in [0.3, 0.4) is 0 Å². The van der Waals surface area contributed by atoms with Gasteiger partial charge in [0, 0.05) is 6.04 Å². The van der Waals surface area contributed by atoms with E-state index in [1.807, 2.05) is 6.92 Å². The van der Waals surface area contributed by atoms with Gasteiger partial charge in [-0.1, -0.05) is 19.3 Å². The van der Waals surface area contributed by atoms with Crippen molar-refractivity contribution in [2.24, 2.45) is 5.92 Å². The first-order valence-corrected chi connectivity index (χ1v) is 5.67. The molecule has 0 aliphatic heterocycles. The van der Waals surface area contributed by atoms with Crippen molar-refractivity contribution < 1.29 is 9.53 Å². The molecule has 1 fully saturated rings. The maximum atomic E-state index is 11.2. The second kappa shape index (κ2) is 5.89. The van der Waals surface area contributed by atoms with Crippen LogP contribution in [0.2, 0.25) is 0 Å². The lowest BCUT2D eigenvalue weighted by Gasteiger charge is -2.27. The smallest absolute Gasteiger partial charge is 0.407 e. The summed E-state index contributed by atoms with van der Waals surface area (Å²) < 4.78 is 4.85. The SMILES string of the molecule is CCOC(=O)N[C@@H](C)C1CCCCC1. The summed E-state index contributed by atoms with van der Waals surface area (Å²) in [6, 6.07) is 0.259. The molecule has 3 nitrogen and oxygen atoms in total. The number of ether oxygens (including phenoxy) is 1. The molecule has 1 aliphatic rings. The third-order valence-corrected chi connectivity index (χ3v) is 2.98. The van der Waals surface area contributed by atoms with Crippen molar-refractivity contribution in [2.45, 2.75) is 52.0 Å². The fourth-order valence-electron chi connectivity index (χ4n) is 2.11. The Bertz CT molecular complexity index is 176. The maximum Gasteiger partial charge on any atom is 0.407 e. The number of nitrogens with one attached hydrogen (secondary N) is 1. The molecule has 0 saturated heterocycles. The summed E-state index contributed by atoms with van der Waals surface area (Å²) in [5, 5.41) is 2.89. The minimum Gasteiger partial charge on any atom is -0.450 e. The molecule has 0 aromatic heterocycles. The van der Waals surface area contributed by atoms with Crippen LogP contribution in [0, 0.1) is 5.92 Å². The van der Waals surface area contributed by atoms with Crippen LogP contribution in [-0.4, -0.2) is 18.7 Å². The van der Waals surface area contributed by atoms with E-state index in [0.29, 0.717) is 12.5 Å². The Morgan fingerprint density at radius 1 is 1.43 bits per heavy atom. The van der Waals surface area contributed by atoms with Crippen molar-refractivity contribution in [1.82, 2.24) is 5.32 Å². The molecule has 1 amide bonds. The molecule has 82 valence electrons. The summed E-state index contributed by atoms with van der Waals surface area (Å²) in [7, 11) is 0. The summed E-state index contributed by atoms with van der Waals surface area (Å²) in [6.07, 6.45) is 6.17. The van der Waals surface area contributed by atoms with E-state index in [1.165, 1.54) is 32.1 Å². The third kappa shape index (κ3) is 3.56. The number of alkyl carbamates (subject to hydrolysis) is 1. The monoisotopic (exact) mass is 199 g/mol. The van der Waals surface area contributed by atoms with E-state index in [1.54, 1.807) is 0 Å². The first kappa shape index (κ1) is 11.3. The van der Waals surface area contributed by atoms with Crippen LogP contribution in [-0.2, 0) is 4.74 Å². The molecule has 0 unspecified atom stereocenters. The molecular formula is C11H21NO2. The highest BCUT2D eigenvalue weighted by molar-refractivity contribution is 5.67. The Hall–Kier alpha value is -0.730. The van der Waals surface area contributed by atoms with Crippen molar-refractivity contribution in [3.8, 4) is 0 Å². The molecule has 1 N–H and O–H groups in total. The molecule has 0 aromatic carbocycles. The summed E-state index contributed by atoms with van der Waals surface area (Å²) in [6.45, 7) is 4.35. The average molecular weight is 199 g/mol. The summed E-state index contributed by atoms with van der Waals surface area (Å²) >= 11 is 0. The van der Waals surface area contributed by atoms with Crippen molar-refractivity contribution >= 4 is 6.09 Å². The van der Waals surface area contributed by atoms with E-state index in [2.05, 4.69) is 12.2 Å². The van der Waals surface area contributed by atoms with Gasteiger partial charge in [-0.25, -0.2) is 4.79 Å². The topological polar surface area (TPSA) is 38.3 Å². The largest absolute Gasteiger partial charge is 0.450 e. The highest BCUT2D eigenvalue weighted by Crippen LogP contribution is 2.26. The normalized spacial score (nSPS) is 20.1. The van der Waals surface area contributed by atoms with Gasteiger partial charge in [0.1, 0.15) is 0 Å². The van der Waals surface area contributed by atoms with E-state index in [4.69, 9.17) is 4.74 Å². The predicted octanol–water partition coefficient (Wildman–Crippen LogP) is 2.70. The Balaban J connectivity index is 2.25. The van der Waals surface area contributed by atoms with Gasteiger partial charge in [-0.15, -0.1) is 0 Å². The lowest BCUT2D eigenvalue weighted by Crippen LogP contribution is -2.39. The van der Waals surface area contributed by atoms with E-state index >= 15 is 0 Å². The molecule has 14 heavy (non-hydrogen) atoms. The van der Waals surface area contributed by atoms with Crippen LogP contribution in [0.15, 0.2) is 0 Å². The van der Waals surface area contributed by atoms with E-state index in [-0.39, 0.29) is 12.1 Å². The molecule has 1 aliphatic carbocycles. The van der Waals surface area contributed by atoms with Gasteiger partial charge in [0.15, 0.2) is 0 Å². The first-order valence-electron chi connectivity index (χ1n) is 5.67. The molecule has 1 saturated carbocycles. The van der Waals surface area contributed by atoms with E-state index in [9.17, 15) is 4.79 Å². The van der Waals surface area contributed by atoms with Crippen molar-refractivity contribution in [3.05, 3.63) is 0 Å². The van der Waals surface area contributed by atoms with E-state index < -0.39 is 0 Å². The van der Waals surface area contributed by atoms with Crippen molar-refractivity contribution in [3.63, 3.8) is 0 Å². The van der Waals surface area contributed by atoms with Gasteiger partial charge in [0.2, 0.25) is 0 Å². The van der Waals surface area contributed by atoms with Crippen LogP contribution in [0.1, 0.15) is 46.0 Å². The van der Waals surface area contributed by atoms with Crippen molar-refractivity contribution in [2.75, 3.05) is 6.61 Å². The third-order valence-electron chi connectivity index (χ3n) is 2.98. The van der Waals surface area contributed by atoms with Gasteiger partial charge in [-0.3, -0.25) is 0 Å². The Morgan fingerprint density at radius 2 is 2.07 bits per heavy atom. The molecule has 1 atom stereocenters. The summed E-state index contributed by atoms with van der Waals surface area (Å²) in [4.78, 5) is 11.2. The van der Waals surface area contributed by atoms with Crippen molar-refractivity contribution in [1.29, 1.82) is 0 Å². The standard InChI is InChI=1S/C11H21NO2/c1-3-14-11(13)12-9(2)10-7-5-4-6-8-10/h9-10H,3-8H2,1-2H3,(H,12,13)/t9-/m0/s1. The maximum absolute atomic E-state index is 11.2. The lowest BCUT2D eigenvalue weighted by atomic mass is 9.85. The zero-order chi connectivity index (χ0) is 10.4. The van der Waals surface area contributed by atoms with Crippen LogP contribution < -0.4 is 5.32 Å². The van der Waals surface area contributed by atoms with Gasteiger partial charge in [0.05, 0.1) is 6.61 Å². The molecular weight excluding hydrogens is 178 g/mol. The number of amides is 1. The first-order chi connectivity index (χ1) is 6.74. The Kier molecular flexibility index (Phi) is 4.77. The van der Waals surface area contributed by atoms with Crippen LogP contribution in [0.4, 0.5) is 4.79 Å². The fraction of sp³-hybridized carbons (Fsp3) is 0.909. The van der Waals surface area contributed by atoms with Gasteiger partial charge < -0.3 is 10.1 Å². The zero-order valence-corrected chi connectivity index (χ0v) is 9.21. The Labute approximate surface area is 86.2 Å². The highest BCUT2D eigenvalue weighted by Gasteiger charge is 2.21. The van der Waals surface area contributed by atoms with Crippen LogP contribution >= 0.6 is 0 Å². The molecule has 0 aromatic rings. The number of hydrogen-bond acceptors (Lipinski definition) is 2. The quantitative estimate of drug-likeness (QED) is 0.759. The summed E-state index contributed by atoms with van der Waals surface area (Å²) in [5.41, 5.74) is 0. The minimum atomic E-state index is -0.273. The molecule has 0 spiro atoms. The molecule has 0 bridgehead atoms. The van der Waals surface area contributed by atoms with Gasteiger partial charge in [-0.2, -0.15) is 0 Å². The summed E-state index contributed by atoms with van der Waals surface area (Å²) in [5.74, 6) is 0.646. The number of carbonyl (C=O) groups excluding carboxylic acids is 1. The second-order valence-electron chi connectivity index (χ2n) is 4.05. The number of rotatable bonds is 3. The fourth-order valence-corrected chi connectivity index (χ4v) is 2.11. The average Bonchev–Trinajstić information content (AvgIpc) is 2.19. The zero-order valence-electron chi connectivity index (χ0n) is 9.21. The Morgan fingerprint density at radius 3 is 2.64 bits per heavy atom. The predicted molar refractivity (Wildman–Crippen MR) is 56.2 cm³/mol. The van der Waals surface area contributed by atoms with Gasteiger partial charge in [0.25, 0.3) is 0 Å². The molecule has 0 radical (unpaired) electrons. The minimum absolute atomic E-state index is 0.259. The van der Waals surface area contributed by atoms with Gasteiger partial charge in [-0.05, 0) is 32.6 Å². The highest BCUT2D eigenvalue weighted by atomic mass is 16.5. The lowest BCUT2D eigenvalue weighted by molar-refractivity contribution is 0.142. The van der Waals surface area contributed by atoms with Gasteiger partial charge >= 0.3 is 6.09 Å². The number of hydrogen-bond donors (Lipinski definition) is 1. The molecule has 0 heterocycles. The van der Waals surface area contributed by atoms with E-state index in [0.717, 1.165) is 0 Å². The van der Waals surface area contributed by atoms with Crippen LogP contribution in [0.25, 0.3) is 0 Å². The molecule has 3 heteroatoms. The number of carbonyl (C=O) groups is 1. The molecule has 1 rings (SSSR count).